The lowest BCUT2D eigenvalue weighted by atomic mass is 10.1. The molecule has 146 valence electrons. The number of benzene rings is 3. The molecule has 1 heterocycles. The van der Waals surface area contributed by atoms with Crippen LogP contribution >= 0.6 is 0 Å². The van der Waals surface area contributed by atoms with E-state index in [0.29, 0.717) is 22.3 Å². The monoisotopic (exact) mass is 399 g/mol. The topological polar surface area (TPSA) is 46.9 Å². The van der Waals surface area contributed by atoms with Gasteiger partial charge < -0.3 is 5.32 Å². The molecule has 4 nitrogen and oxygen atoms in total. The maximum absolute atomic E-state index is 13.2. The zero-order valence-electron chi connectivity index (χ0n) is 14.7. The molecule has 4 rings (SSSR count). The van der Waals surface area contributed by atoms with Gasteiger partial charge in [-0.1, -0.05) is 18.2 Å². The van der Waals surface area contributed by atoms with Crippen molar-refractivity contribution in [2.24, 2.45) is 0 Å². The zero-order chi connectivity index (χ0) is 20.6. The Hall–Kier alpha value is -3.68. The summed E-state index contributed by atoms with van der Waals surface area (Å²) in [6.07, 6.45) is -3.16. The van der Waals surface area contributed by atoms with Crippen LogP contribution in [0.15, 0.2) is 72.9 Å². The Balaban J connectivity index is 1.71. The van der Waals surface area contributed by atoms with Crippen LogP contribution in [0.2, 0.25) is 0 Å². The fraction of sp³-hybridized carbons (Fsp3) is 0.0476. The van der Waals surface area contributed by atoms with E-state index in [2.05, 4.69) is 10.4 Å². The molecule has 0 radical (unpaired) electrons. The van der Waals surface area contributed by atoms with Crippen molar-refractivity contribution in [3.05, 3.63) is 89.9 Å². The van der Waals surface area contributed by atoms with E-state index in [-0.39, 0.29) is 5.82 Å². The van der Waals surface area contributed by atoms with Crippen molar-refractivity contribution in [2.45, 2.75) is 6.18 Å². The molecule has 0 aliphatic heterocycles. The number of fused-ring (bicyclic) bond motifs is 1. The quantitative estimate of drug-likeness (QED) is 0.467. The van der Waals surface area contributed by atoms with Gasteiger partial charge in [-0.05, 0) is 48.5 Å². The highest BCUT2D eigenvalue weighted by atomic mass is 19.4. The van der Waals surface area contributed by atoms with Crippen molar-refractivity contribution in [2.75, 3.05) is 5.32 Å². The van der Waals surface area contributed by atoms with Crippen molar-refractivity contribution in [3.8, 4) is 5.69 Å². The highest BCUT2D eigenvalue weighted by molar-refractivity contribution is 6.09. The predicted octanol–water partition coefficient (Wildman–Crippen LogP) is 5.44. The molecule has 1 aromatic heterocycles. The number of rotatable bonds is 3. The number of aromatic nitrogens is 2. The largest absolute Gasteiger partial charge is 0.417 e. The Labute approximate surface area is 162 Å². The number of hydrogen-bond donors (Lipinski definition) is 1. The van der Waals surface area contributed by atoms with Gasteiger partial charge in [0.1, 0.15) is 5.82 Å². The zero-order valence-corrected chi connectivity index (χ0v) is 14.7. The maximum atomic E-state index is 13.2. The van der Waals surface area contributed by atoms with E-state index in [1.807, 2.05) is 0 Å². The van der Waals surface area contributed by atoms with Gasteiger partial charge in [-0.3, -0.25) is 4.79 Å². The molecule has 29 heavy (non-hydrogen) atoms. The molecule has 0 aliphatic carbocycles. The van der Waals surface area contributed by atoms with Gasteiger partial charge in [0.05, 0.1) is 34.2 Å². The number of amides is 1. The van der Waals surface area contributed by atoms with Crippen molar-refractivity contribution in [1.29, 1.82) is 0 Å². The van der Waals surface area contributed by atoms with Crippen LogP contribution in [0.25, 0.3) is 16.6 Å². The van der Waals surface area contributed by atoms with E-state index in [0.717, 1.165) is 12.1 Å². The molecule has 1 N–H and O–H groups in total. The molecular weight excluding hydrogens is 386 g/mol. The van der Waals surface area contributed by atoms with Crippen molar-refractivity contribution in [3.63, 3.8) is 0 Å². The maximum Gasteiger partial charge on any atom is 0.417 e. The van der Waals surface area contributed by atoms with Crippen LogP contribution in [0.3, 0.4) is 0 Å². The molecule has 0 fully saturated rings. The minimum Gasteiger partial charge on any atom is -0.321 e. The summed E-state index contributed by atoms with van der Waals surface area (Å²) in [5.74, 6) is -1.26. The normalized spacial score (nSPS) is 11.6. The number of alkyl halides is 3. The van der Waals surface area contributed by atoms with Gasteiger partial charge in [0.25, 0.3) is 5.91 Å². The lowest BCUT2D eigenvalue weighted by Crippen LogP contribution is -2.18. The smallest absolute Gasteiger partial charge is 0.321 e. The molecule has 3 aromatic carbocycles. The second-order valence-corrected chi connectivity index (χ2v) is 6.27. The summed E-state index contributed by atoms with van der Waals surface area (Å²) >= 11 is 0. The van der Waals surface area contributed by atoms with Crippen LogP contribution < -0.4 is 5.32 Å². The Bertz CT molecular complexity index is 1200. The molecule has 0 atom stereocenters. The first-order valence-corrected chi connectivity index (χ1v) is 8.55. The van der Waals surface area contributed by atoms with E-state index < -0.39 is 23.2 Å². The summed E-state index contributed by atoms with van der Waals surface area (Å²) in [6.45, 7) is 0. The van der Waals surface area contributed by atoms with Crippen molar-refractivity contribution in [1.82, 2.24) is 9.78 Å². The van der Waals surface area contributed by atoms with E-state index in [1.165, 1.54) is 30.5 Å². The van der Waals surface area contributed by atoms with Crippen LogP contribution in [-0.2, 0) is 6.18 Å². The third-order valence-electron chi connectivity index (χ3n) is 4.41. The first-order valence-electron chi connectivity index (χ1n) is 8.55. The SMILES string of the molecule is O=C(Nc1cccc2c1cnn2-c1ccc(F)cc1)c1ccccc1C(F)(F)F. The van der Waals surface area contributed by atoms with Gasteiger partial charge in [-0.25, -0.2) is 9.07 Å². The minimum absolute atomic E-state index is 0.317. The number of carbonyl (C=O) groups excluding carboxylic acids is 1. The second-order valence-electron chi connectivity index (χ2n) is 6.27. The molecular formula is C21H13F4N3O. The highest BCUT2D eigenvalue weighted by Crippen LogP contribution is 2.33. The molecule has 0 spiro atoms. The Morgan fingerprint density at radius 2 is 1.66 bits per heavy atom. The predicted molar refractivity (Wildman–Crippen MR) is 100 cm³/mol. The lowest BCUT2D eigenvalue weighted by molar-refractivity contribution is -0.137. The summed E-state index contributed by atoms with van der Waals surface area (Å²) in [5, 5.41) is 7.33. The van der Waals surface area contributed by atoms with Crippen LogP contribution in [0.1, 0.15) is 15.9 Å². The number of halogens is 4. The average molecular weight is 399 g/mol. The molecule has 0 saturated carbocycles. The van der Waals surface area contributed by atoms with Crippen LogP contribution in [0.5, 0.6) is 0 Å². The summed E-state index contributed by atoms with van der Waals surface area (Å²) in [5.41, 5.74) is 0.0539. The summed E-state index contributed by atoms with van der Waals surface area (Å²) in [6, 6.07) is 15.2. The third kappa shape index (κ3) is 3.56. The number of hydrogen-bond acceptors (Lipinski definition) is 2. The molecule has 4 aromatic rings. The van der Waals surface area contributed by atoms with Crippen LogP contribution in [0.4, 0.5) is 23.2 Å². The number of nitrogens with zero attached hydrogens (tertiary/aromatic N) is 2. The van der Waals surface area contributed by atoms with Crippen molar-refractivity contribution < 1.29 is 22.4 Å². The lowest BCUT2D eigenvalue weighted by Gasteiger charge is -2.13. The van der Waals surface area contributed by atoms with Gasteiger partial charge in [-0.2, -0.15) is 18.3 Å². The number of nitrogens with one attached hydrogen (secondary N) is 1. The van der Waals surface area contributed by atoms with E-state index in [9.17, 15) is 22.4 Å². The van der Waals surface area contributed by atoms with Gasteiger partial charge >= 0.3 is 6.18 Å². The molecule has 0 unspecified atom stereocenters. The number of carbonyl (C=O) groups is 1. The first kappa shape index (κ1) is 18.7. The molecule has 0 saturated heterocycles. The Kier molecular flexibility index (Phi) is 4.54. The van der Waals surface area contributed by atoms with Gasteiger partial charge in [0.15, 0.2) is 0 Å². The van der Waals surface area contributed by atoms with Gasteiger partial charge in [0, 0.05) is 5.39 Å². The first-order chi connectivity index (χ1) is 13.8. The van der Waals surface area contributed by atoms with Crippen LogP contribution in [0, 0.1) is 5.82 Å². The van der Waals surface area contributed by atoms with Crippen LogP contribution in [-0.4, -0.2) is 15.7 Å². The highest BCUT2D eigenvalue weighted by Gasteiger charge is 2.34. The third-order valence-corrected chi connectivity index (χ3v) is 4.41. The molecule has 0 aliphatic rings. The summed E-state index contributed by atoms with van der Waals surface area (Å²) in [7, 11) is 0. The van der Waals surface area contributed by atoms with Gasteiger partial charge in [-0.15, -0.1) is 0 Å². The van der Waals surface area contributed by atoms with Gasteiger partial charge in [0.2, 0.25) is 0 Å². The Morgan fingerprint density at radius 3 is 2.38 bits per heavy atom. The van der Waals surface area contributed by atoms with Crippen molar-refractivity contribution >= 4 is 22.5 Å². The molecule has 8 heteroatoms. The Morgan fingerprint density at radius 1 is 0.931 bits per heavy atom. The molecule has 0 bridgehead atoms. The van der Waals surface area contributed by atoms with E-state index >= 15 is 0 Å². The fourth-order valence-electron chi connectivity index (χ4n) is 3.07. The minimum atomic E-state index is -4.65. The molecule has 1 amide bonds. The average Bonchev–Trinajstić information content (AvgIpc) is 3.13. The second kappa shape index (κ2) is 7.05. The summed E-state index contributed by atoms with van der Waals surface area (Å²) in [4.78, 5) is 12.6. The van der Waals surface area contributed by atoms with E-state index in [1.54, 1.807) is 35.0 Å². The fourth-order valence-corrected chi connectivity index (χ4v) is 3.07. The standard InChI is InChI=1S/C21H13F4N3O/c22-13-8-10-14(11-9-13)28-19-7-3-6-18(16(19)12-26-28)27-20(29)15-4-1-2-5-17(15)21(23,24)25/h1-12H,(H,27,29). The van der Waals surface area contributed by atoms with E-state index in [4.69, 9.17) is 0 Å². The summed E-state index contributed by atoms with van der Waals surface area (Å²) < 4.78 is 54.3. The number of anilines is 1.